The first-order chi connectivity index (χ1) is 9.72. The molecule has 0 fully saturated rings. The number of nitrogens with zero attached hydrogens (tertiary/aromatic N) is 2. The lowest BCUT2D eigenvalue weighted by Gasteiger charge is -2.15. The molecular formula is C14H16FN3OS. The maximum atomic E-state index is 13.4. The topological polar surface area (TPSA) is 51.4 Å². The van der Waals surface area contributed by atoms with Crippen molar-refractivity contribution < 1.29 is 9.13 Å². The predicted molar refractivity (Wildman–Crippen MR) is 77.8 cm³/mol. The fraction of sp³-hybridized carbons (Fsp3) is 0.357. The SMILES string of the molecule is COCc1nc(N2CCc3ccc(F)cc32)sc1CN. The molecule has 1 aromatic carbocycles. The number of ether oxygens (including phenoxy) is 1. The molecule has 0 bridgehead atoms. The zero-order chi connectivity index (χ0) is 14.1. The number of methoxy groups -OCH3 is 1. The molecule has 1 aliphatic rings. The normalized spacial score (nSPS) is 13.8. The summed E-state index contributed by atoms with van der Waals surface area (Å²) in [6.07, 6.45) is 0.909. The van der Waals surface area contributed by atoms with Gasteiger partial charge < -0.3 is 15.4 Å². The first kappa shape index (κ1) is 13.5. The Morgan fingerprint density at radius 2 is 2.35 bits per heavy atom. The van der Waals surface area contributed by atoms with Crippen molar-refractivity contribution in [2.24, 2.45) is 5.73 Å². The van der Waals surface area contributed by atoms with Crippen LogP contribution in [0.15, 0.2) is 18.2 Å². The number of hydrogen-bond donors (Lipinski definition) is 1. The Bertz CT molecular complexity index is 629. The number of halogens is 1. The summed E-state index contributed by atoms with van der Waals surface area (Å²) in [6.45, 7) is 1.72. The molecule has 2 aromatic rings. The van der Waals surface area contributed by atoms with E-state index in [0.717, 1.165) is 39.9 Å². The summed E-state index contributed by atoms with van der Waals surface area (Å²) in [5.74, 6) is -0.219. The van der Waals surface area contributed by atoms with Crippen molar-refractivity contribution in [1.29, 1.82) is 0 Å². The Balaban J connectivity index is 1.97. The third kappa shape index (κ3) is 2.30. The maximum Gasteiger partial charge on any atom is 0.190 e. The standard InChI is InChI=1S/C14H16FN3OS/c1-19-8-11-13(7-16)20-14(17-11)18-5-4-9-2-3-10(15)6-12(9)18/h2-3,6H,4-5,7-8,16H2,1H3. The lowest BCUT2D eigenvalue weighted by molar-refractivity contribution is 0.181. The number of benzene rings is 1. The Morgan fingerprint density at radius 1 is 1.50 bits per heavy atom. The molecule has 4 nitrogen and oxygen atoms in total. The number of fused-ring (bicyclic) bond motifs is 1. The number of nitrogens with two attached hydrogens (primary N) is 1. The number of aromatic nitrogens is 1. The van der Waals surface area contributed by atoms with Crippen LogP contribution in [-0.4, -0.2) is 18.6 Å². The van der Waals surface area contributed by atoms with Crippen LogP contribution in [0.5, 0.6) is 0 Å². The van der Waals surface area contributed by atoms with Gasteiger partial charge in [-0.3, -0.25) is 0 Å². The molecule has 20 heavy (non-hydrogen) atoms. The number of rotatable bonds is 4. The molecule has 2 N–H and O–H groups in total. The minimum absolute atomic E-state index is 0.219. The van der Waals surface area contributed by atoms with Crippen LogP contribution in [0.2, 0.25) is 0 Å². The van der Waals surface area contributed by atoms with Crippen molar-refractivity contribution in [2.45, 2.75) is 19.6 Å². The van der Waals surface area contributed by atoms with E-state index in [9.17, 15) is 4.39 Å². The molecule has 6 heteroatoms. The average Bonchev–Trinajstić information content (AvgIpc) is 3.02. The van der Waals surface area contributed by atoms with Crippen LogP contribution < -0.4 is 10.6 Å². The highest BCUT2D eigenvalue weighted by molar-refractivity contribution is 7.15. The number of hydrogen-bond acceptors (Lipinski definition) is 5. The summed E-state index contributed by atoms with van der Waals surface area (Å²) in [6, 6.07) is 4.92. The van der Waals surface area contributed by atoms with Crippen LogP contribution in [0.3, 0.4) is 0 Å². The lowest BCUT2D eigenvalue weighted by atomic mass is 10.2. The van der Waals surface area contributed by atoms with E-state index in [0.29, 0.717) is 13.2 Å². The third-order valence-electron chi connectivity index (χ3n) is 3.41. The molecule has 1 aliphatic heterocycles. The van der Waals surface area contributed by atoms with Crippen LogP contribution in [0.1, 0.15) is 16.1 Å². The fourth-order valence-corrected chi connectivity index (χ4v) is 3.43. The van der Waals surface area contributed by atoms with E-state index in [1.54, 1.807) is 24.5 Å². The van der Waals surface area contributed by atoms with Crippen LogP contribution in [0.4, 0.5) is 15.2 Å². The van der Waals surface area contributed by atoms with Crippen LogP contribution in [0, 0.1) is 5.82 Å². The first-order valence-electron chi connectivity index (χ1n) is 6.46. The van der Waals surface area contributed by atoms with Crippen molar-refractivity contribution in [3.8, 4) is 0 Å². The van der Waals surface area contributed by atoms with E-state index in [4.69, 9.17) is 10.5 Å². The fourth-order valence-electron chi connectivity index (χ4n) is 2.45. The molecule has 3 rings (SSSR count). The van der Waals surface area contributed by atoms with Gasteiger partial charge in [0.1, 0.15) is 5.82 Å². The lowest BCUT2D eigenvalue weighted by Crippen LogP contribution is -2.13. The van der Waals surface area contributed by atoms with Gasteiger partial charge in [0.2, 0.25) is 0 Å². The summed E-state index contributed by atoms with van der Waals surface area (Å²) >= 11 is 1.55. The maximum absolute atomic E-state index is 13.4. The van der Waals surface area contributed by atoms with Gasteiger partial charge in [-0.15, -0.1) is 0 Å². The van der Waals surface area contributed by atoms with Gasteiger partial charge in [-0.2, -0.15) is 0 Å². The largest absolute Gasteiger partial charge is 0.378 e. The highest BCUT2D eigenvalue weighted by Crippen LogP contribution is 2.38. The highest BCUT2D eigenvalue weighted by Gasteiger charge is 2.24. The minimum atomic E-state index is -0.219. The molecule has 0 radical (unpaired) electrons. The van der Waals surface area contributed by atoms with Gasteiger partial charge in [0.25, 0.3) is 0 Å². The molecule has 0 atom stereocenters. The zero-order valence-corrected chi connectivity index (χ0v) is 12.0. The average molecular weight is 293 g/mol. The van der Waals surface area contributed by atoms with Gasteiger partial charge in [0, 0.05) is 30.8 Å². The monoisotopic (exact) mass is 293 g/mol. The Morgan fingerprint density at radius 3 is 3.10 bits per heavy atom. The molecule has 0 aliphatic carbocycles. The number of anilines is 2. The first-order valence-corrected chi connectivity index (χ1v) is 7.28. The second-order valence-corrected chi connectivity index (χ2v) is 5.74. The quantitative estimate of drug-likeness (QED) is 0.941. The molecule has 0 saturated heterocycles. The van der Waals surface area contributed by atoms with Crippen LogP contribution in [0.25, 0.3) is 0 Å². The predicted octanol–water partition coefficient (Wildman–Crippen LogP) is 2.58. The molecule has 2 heterocycles. The summed E-state index contributed by atoms with van der Waals surface area (Å²) in [7, 11) is 1.64. The van der Waals surface area contributed by atoms with Gasteiger partial charge in [-0.1, -0.05) is 17.4 Å². The van der Waals surface area contributed by atoms with Crippen molar-refractivity contribution in [3.05, 3.63) is 40.2 Å². The second-order valence-electron chi connectivity index (χ2n) is 4.68. The van der Waals surface area contributed by atoms with E-state index < -0.39 is 0 Å². The smallest absolute Gasteiger partial charge is 0.190 e. The van der Waals surface area contributed by atoms with Gasteiger partial charge in [0.15, 0.2) is 5.13 Å². The molecule has 1 aromatic heterocycles. The summed E-state index contributed by atoms with van der Waals surface area (Å²) < 4.78 is 18.6. The molecule has 0 saturated carbocycles. The Kier molecular flexibility index (Phi) is 3.69. The van der Waals surface area contributed by atoms with E-state index in [2.05, 4.69) is 9.88 Å². The second kappa shape index (κ2) is 5.47. The Labute approximate surface area is 121 Å². The molecule has 0 spiro atoms. The van der Waals surface area contributed by atoms with Crippen molar-refractivity contribution in [1.82, 2.24) is 4.98 Å². The van der Waals surface area contributed by atoms with E-state index in [1.165, 1.54) is 6.07 Å². The molecular weight excluding hydrogens is 277 g/mol. The molecule has 0 unspecified atom stereocenters. The third-order valence-corrected chi connectivity index (χ3v) is 4.55. The van der Waals surface area contributed by atoms with Gasteiger partial charge in [-0.05, 0) is 24.1 Å². The zero-order valence-electron chi connectivity index (χ0n) is 11.2. The minimum Gasteiger partial charge on any atom is -0.378 e. The Hall–Kier alpha value is -1.50. The molecule has 0 amide bonds. The molecule has 106 valence electrons. The van der Waals surface area contributed by atoms with Crippen molar-refractivity contribution in [3.63, 3.8) is 0 Å². The van der Waals surface area contributed by atoms with E-state index >= 15 is 0 Å². The van der Waals surface area contributed by atoms with Crippen molar-refractivity contribution in [2.75, 3.05) is 18.6 Å². The summed E-state index contributed by atoms with van der Waals surface area (Å²) in [5.41, 5.74) is 8.69. The van der Waals surface area contributed by atoms with E-state index in [-0.39, 0.29) is 5.82 Å². The van der Waals surface area contributed by atoms with Crippen molar-refractivity contribution >= 4 is 22.2 Å². The highest BCUT2D eigenvalue weighted by atomic mass is 32.1. The van der Waals surface area contributed by atoms with Crippen LogP contribution in [-0.2, 0) is 24.3 Å². The van der Waals surface area contributed by atoms with Gasteiger partial charge in [0.05, 0.1) is 12.3 Å². The van der Waals surface area contributed by atoms with Gasteiger partial charge in [-0.25, -0.2) is 9.37 Å². The van der Waals surface area contributed by atoms with Gasteiger partial charge >= 0.3 is 0 Å². The van der Waals surface area contributed by atoms with E-state index in [1.807, 2.05) is 6.07 Å². The number of thiazole rings is 1. The van der Waals surface area contributed by atoms with Crippen LogP contribution >= 0.6 is 11.3 Å². The summed E-state index contributed by atoms with van der Waals surface area (Å²) in [5, 5.41) is 0.863. The summed E-state index contributed by atoms with van der Waals surface area (Å²) in [4.78, 5) is 7.68.